The second-order valence-electron chi connectivity index (χ2n) is 4.31. The number of aromatic nitrogens is 1. The smallest absolute Gasteiger partial charge is 0.123 e. The van der Waals surface area contributed by atoms with E-state index in [9.17, 15) is 4.39 Å². The molecule has 0 aliphatic carbocycles. The molecule has 3 nitrogen and oxygen atoms in total. The quantitative estimate of drug-likeness (QED) is 0.660. The lowest BCUT2D eigenvalue weighted by atomic mass is 9.99. The summed E-state index contributed by atoms with van der Waals surface area (Å²) in [5.74, 6) is 5.34. The van der Waals surface area contributed by atoms with E-state index in [1.807, 2.05) is 19.2 Å². The minimum atomic E-state index is -0.244. The largest absolute Gasteiger partial charge is 0.271 e. The lowest BCUT2D eigenvalue weighted by molar-refractivity contribution is 0.540. The van der Waals surface area contributed by atoms with E-state index in [1.165, 1.54) is 12.1 Å². The second kappa shape index (κ2) is 5.56. The topological polar surface area (TPSA) is 50.9 Å². The van der Waals surface area contributed by atoms with Crippen LogP contribution in [0.15, 0.2) is 23.6 Å². The van der Waals surface area contributed by atoms with Gasteiger partial charge in [0.1, 0.15) is 5.82 Å². The van der Waals surface area contributed by atoms with Crippen molar-refractivity contribution >= 4 is 11.3 Å². The van der Waals surface area contributed by atoms with Crippen LogP contribution in [-0.2, 0) is 6.42 Å². The number of nitrogens with one attached hydrogen (secondary N) is 1. The standard InChI is InChI=1S/C13H16FN3S/c1-8-3-4-10(14)5-11(8)12(17-15)6-13-16-9(2)7-18-13/h3-5,7,12,17H,6,15H2,1-2H3. The minimum absolute atomic E-state index is 0.119. The summed E-state index contributed by atoms with van der Waals surface area (Å²) >= 11 is 1.60. The molecule has 0 fully saturated rings. The van der Waals surface area contributed by atoms with Crippen LogP contribution in [0.2, 0.25) is 0 Å². The van der Waals surface area contributed by atoms with Crippen molar-refractivity contribution < 1.29 is 4.39 Å². The zero-order valence-electron chi connectivity index (χ0n) is 10.4. The molecular formula is C13H16FN3S. The van der Waals surface area contributed by atoms with Crippen LogP contribution in [0.1, 0.15) is 27.9 Å². The van der Waals surface area contributed by atoms with Crippen molar-refractivity contribution in [3.63, 3.8) is 0 Å². The number of aryl methyl sites for hydroxylation is 2. The molecule has 0 radical (unpaired) electrons. The van der Waals surface area contributed by atoms with Crippen LogP contribution in [0.5, 0.6) is 0 Å². The van der Waals surface area contributed by atoms with E-state index in [4.69, 9.17) is 5.84 Å². The predicted octanol–water partition coefficient (Wildman–Crippen LogP) is 2.65. The first-order valence-electron chi connectivity index (χ1n) is 5.73. The first kappa shape index (κ1) is 13.1. The van der Waals surface area contributed by atoms with Gasteiger partial charge in [-0.05, 0) is 37.1 Å². The number of halogens is 1. The molecule has 1 unspecified atom stereocenters. The van der Waals surface area contributed by atoms with E-state index >= 15 is 0 Å². The highest BCUT2D eigenvalue weighted by Gasteiger charge is 2.15. The minimum Gasteiger partial charge on any atom is -0.271 e. The lowest BCUT2D eigenvalue weighted by Gasteiger charge is -2.17. The third-order valence-electron chi connectivity index (χ3n) is 2.86. The summed E-state index contributed by atoms with van der Waals surface area (Å²) in [4.78, 5) is 4.41. The zero-order valence-corrected chi connectivity index (χ0v) is 11.2. The molecule has 0 spiro atoms. The number of hydrogen-bond donors (Lipinski definition) is 2. The molecule has 0 amide bonds. The van der Waals surface area contributed by atoms with Crippen LogP contribution >= 0.6 is 11.3 Å². The maximum Gasteiger partial charge on any atom is 0.123 e. The Kier molecular flexibility index (Phi) is 4.06. The molecule has 1 atom stereocenters. The molecular weight excluding hydrogens is 249 g/mol. The fourth-order valence-corrected chi connectivity index (χ4v) is 2.74. The number of thiazole rings is 1. The molecule has 96 valence electrons. The summed E-state index contributed by atoms with van der Waals surface area (Å²) in [5, 5.41) is 3.00. The van der Waals surface area contributed by atoms with Crippen molar-refractivity contribution in [1.82, 2.24) is 10.4 Å². The van der Waals surface area contributed by atoms with E-state index in [0.717, 1.165) is 21.8 Å². The van der Waals surface area contributed by atoms with Gasteiger partial charge in [0.25, 0.3) is 0 Å². The van der Waals surface area contributed by atoms with Gasteiger partial charge in [0, 0.05) is 17.5 Å². The van der Waals surface area contributed by atoms with Crippen molar-refractivity contribution in [2.75, 3.05) is 0 Å². The van der Waals surface area contributed by atoms with Crippen LogP contribution in [0, 0.1) is 19.7 Å². The van der Waals surface area contributed by atoms with Gasteiger partial charge in [-0.1, -0.05) is 6.07 Å². The molecule has 1 aromatic carbocycles. The number of benzene rings is 1. The van der Waals surface area contributed by atoms with E-state index in [1.54, 1.807) is 17.4 Å². The van der Waals surface area contributed by atoms with Gasteiger partial charge < -0.3 is 0 Å². The molecule has 18 heavy (non-hydrogen) atoms. The van der Waals surface area contributed by atoms with Crippen LogP contribution in [0.4, 0.5) is 4.39 Å². The highest BCUT2D eigenvalue weighted by Crippen LogP contribution is 2.23. The Morgan fingerprint density at radius 1 is 1.44 bits per heavy atom. The number of hydrazine groups is 1. The molecule has 0 aliphatic rings. The maximum atomic E-state index is 13.3. The number of nitrogens with two attached hydrogens (primary N) is 1. The fraction of sp³-hybridized carbons (Fsp3) is 0.308. The Bertz CT molecular complexity index is 539. The highest BCUT2D eigenvalue weighted by atomic mass is 32.1. The normalized spacial score (nSPS) is 12.7. The van der Waals surface area contributed by atoms with E-state index < -0.39 is 0 Å². The fourth-order valence-electron chi connectivity index (χ4n) is 1.92. The van der Waals surface area contributed by atoms with Gasteiger partial charge >= 0.3 is 0 Å². The molecule has 5 heteroatoms. The van der Waals surface area contributed by atoms with E-state index in [2.05, 4.69) is 10.4 Å². The Morgan fingerprint density at radius 2 is 2.22 bits per heavy atom. The molecule has 0 aliphatic heterocycles. The van der Waals surface area contributed by atoms with E-state index in [-0.39, 0.29) is 11.9 Å². The Balaban J connectivity index is 2.25. The predicted molar refractivity (Wildman–Crippen MR) is 71.8 cm³/mol. The van der Waals surface area contributed by atoms with Crippen molar-refractivity contribution in [1.29, 1.82) is 0 Å². The Hall–Kier alpha value is -1.30. The van der Waals surface area contributed by atoms with Crippen LogP contribution in [0.25, 0.3) is 0 Å². The van der Waals surface area contributed by atoms with E-state index in [0.29, 0.717) is 6.42 Å². The summed E-state index contributed by atoms with van der Waals surface area (Å²) in [6.45, 7) is 3.91. The summed E-state index contributed by atoms with van der Waals surface area (Å²) < 4.78 is 13.3. The van der Waals surface area contributed by atoms with Gasteiger partial charge in [-0.25, -0.2) is 9.37 Å². The second-order valence-corrected chi connectivity index (χ2v) is 5.25. The van der Waals surface area contributed by atoms with Crippen LogP contribution in [0.3, 0.4) is 0 Å². The summed E-state index contributed by atoms with van der Waals surface area (Å²) in [5.41, 5.74) is 5.65. The SMILES string of the molecule is Cc1csc(CC(NN)c2cc(F)ccc2C)n1. The molecule has 0 bridgehead atoms. The average Bonchev–Trinajstić information content (AvgIpc) is 2.75. The van der Waals surface area contributed by atoms with Crippen molar-refractivity contribution in [2.24, 2.45) is 5.84 Å². The number of rotatable bonds is 4. The molecule has 1 heterocycles. The zero-order chi connectivity index (χ0) is 13.1. The number of nitrogens with zero attached hydrogens (tertiary/aromatic N) is 1. The Labute approximate surface area is 110 Å². The van der Waals surface area contributed by atoms with Crippen LogP contribution < -0.4 is 11.3 Å². The first-order valence-corrected chi connectivity index (χ1v) is 6.61. The van der Waals surface area contributed by atoms with Crippen LogP contribution in [-0.4, -0.2) is 4.98 Å². The van der Waals surface area contributed by atoms with Gasteiger partial charge in [0.05, 0.1) is 11.0 Å². The molecule has 3 N–H and O–H groups in total. The third kappa shape index (κ3) is 2.93. The summed E-state index contributed by atoms with van der Waals surface area (Å²) in [6, 6.07) is 4.63. The van der Waals surface area contributed by atoms with Crippen molar-refractivity contribution in [2.45, 2.75) is 26.3 Å². The first-order chi connectivity index (χ1) is 8.60. The van der Waals surface area contributed by atoms with Gasteiger partial charge in [-0.2, -0.15) is 0 Å². The monoisotopic (exact) mass is 265 g/mol. The summed E-state index contributed by atoms with van der Waals surface area (Å²) in [6.07, 6.45) is 0.666. The van der Waals surface area contributed by atoms with Crippen molar-refractivity contribution in [3.8, 4) is 0 Å². The molecule has 1 aromatic heterocycles. The molecule has 0 saturated heterocycles. The number of hydrogen-bond acceptors (Lipinski definition) is 4. The molecule has 2 aromatic rings. The lowest BCUT2D eigenvalue weighted by Crippen LogP contribution is -2.30. The van der Waals surface area contributed by atoms with Gasteiger partial charge in [0.2, 0.25) is 0 Å². The van der Waals surface area contributed by atoms with Gasteiger partial charge in [-0.3, -0.25) is 11.3 Å². The third-order valence-corrected chi connectivity index (χ3v) is 3.85. The van der Waals surface area contributed by atoms with Gasteiger partial charge in [-0.15, -0.1) is 11.3 Å². The average molecular weight is 265 g/mol. The molecule has 0 saturated carbocycles. The summed E-state index contributed by atoms with van der Waals surface area (Å²) in [7, 11) is 0. The van der Waals surface area contributed by atoms with Crippen molar-refractivity contribution in [3.05, 3.63) is 51.2 Å². The molecule has 2 rings (SSSR count). The highest BCUT2D eigenvalue weighted by molar-refractivity contribution is 7.09. The van der Waals surface area contributed by atoms with Gasteiger partial charge in [0.15, 0.2) is 0 Å². The maximum absolute atomic E-state index is 13.3. The Morgan fingerprint density at radius 3 is 2.83 bits per heavy atom.